The zero-order valence-electron chi connectivity index (χ0n) is 12.0. The van der Waals surface area contributed by atoms with Crippen LogP contribution in [0.1, 0.15) is 29.8 Å². The van der Waals surface area contributed by atoms with Crippen LogP contribution in [0.15, 0.2) is 0 Å². The van der Waals surface area contributed by atoms with Crippen molar-refractivity contribution in [2.45, 2.75) is 33.1 Å². The SMILES string of the molecule is Cc1nn(C)c(C)c1CCC(=O)N1CCC(CO)C1. The Labute approximate surface area is 114 Å². The van der Waals surface area contributed by atoms with Gasteiger partial charge in [-0.2, -0.15) is 5.10 Å². The average molecular weight is 265 g/mol. The van der Waals surface area contributed by atoms with E-state index < -0.39 is 0 Å². The van der Waals surface area contributed by atoms with Gasteiger partial charge in [-0.15, -0.1) is 0 Å². The molecule has 0 aromatic carbocycles. The Kier molecular flexibility index (Phi) is 4.24. The number of nitrogens with zero attached hydrogens (tertiary/aromatic N) is 3. The maximum Gasteiger partial charge on any atom is 0.222 e. The van der Waals surface area contributed by atoms with Crippen molar-refractivity contribution >= 4 is 5.91 Å². The Bertz CT molecular complexity index is 468. The van der Waals surface area contributed by atoms with Crippen molar-refractivity contribution in [2.75, 3.05) is 19.7 Å². The molecule has 1 amide bonds. The molecule has 0 radical (unpaired) electrons. The highest BCUT2D eigenvalue weighted by Gasteiger charge is 2.25. The predicted molar refractivity (Wildman–Crippen MR) is 72.8 cm³/mol. The van der Waals surface area contributed by atoms with Gasteiger partial charge in [-0.1, -0.05) is 0 Å². The highest BCUT2D eigenvalue weighted by molar-refractivity contribution is 5.76. The molecule has 5 nitrogen and oxygen atoms in total. The molecule has 1 unspecified atom stereocenters. The summed E-state index contributed by atoms with van der Waals surface area (Å²) in [5.74, 6) is 0.462. The highest BCUT2D eigenvalue weighted by Crippen LogP contribution is 2.18. The van der Waals surface area contributed by atoms with Crippen molar-refractivity contribution in [2.24, 2.45) is 13.0 Å². The molecule has 19 heavy (non-hydrogen) atoms. The fraction of sp³-hybridized carbons (Fsp3) is 0.714. The third-order valence-electron chi connectivity index (χ3n) is 4.14. The van der Waals surface area contributed by atoms with Crippen LogP contribution in [0.2, 0.25) is 0 Å². The molecule has 1 atom stereocenters. The van der Waals surface area contributed by atoms with Crippen LogP contribution < -0.4 is 0 Å². The molecule has 0 spiro atoms. The minimum atomic E-state index is 0.185. The summed E-state index contributed by atoms with van der Waals surface area (Å²) in [7, 11) is 1.93. The second kappa shape index (κ2) is 5.74. The maximum absolute atomic E-state index is 12.1. The van der Waals surface area contributed by atoms with Crippen LogP contribution in [0.4, 0.5) is 0 Å². The molecule has 0 bridgehead atoms. The molecular formula is C14H23N3O2. The predicted octanol–water partition coefficient (Wildman–Crippen LogP) is 0.810. The third-order valence-corrected chi connectivity index (χ3v) is 4.14. The summed E-state index contributed by atoms with van der Waals surface area (Å²) in [6, 6.07) is 0. The Morgan fingerprint density at radius 2 is 2.21 bits per heavy atom. The van der Waals surface area contributed by atoms with Crippen LogP contribution in [-0.4, -0.2) is 45.4 Å². The van der Waals surface area contributed by atoms with E-state index in [-0.39, 0.29) is 18.4 Å². The van der Waals surface area contributed by atoms with Gasteiger partial charge in [0.15, 0.2) is 0 Å². The van der Waals surface area contributed by atoms with Gasteiger partial charge < -0.3 is 10.0 Å². The molecule has 0 saturated carbocycles. The van der Waals surface area contributed by atoms with E-state index in [0.717, 1.165) is 30.8 Å². The van der Waals surface area contributed by atoms with Gasteiger partial charge in [-0.25, -0.2) is 0 Å². The van der Waals surface area contributed by atoms with Crippen molar-refractivity contribution in [1.29, 1.82) is 0 Å². The number of aliphatic hydroxyl groups excluding tert-OH is 1. The second-order valence-corrected chi connectivity index (χ2v) is 5.45. The standard InChI is InChI=1S/C14H23N3O2/c1-10-13(11(2)16(3)15-10)4-5-14(19)17-7-6-12(8-17)9-18/h12,18H,4-9H2,1-3H3. The zero-order chi connectivity index (χ0) is 14.0. The fourth-order valence-electron chi connectivity index (χ4n) is 2.78. The lowest BCUT2D eigenvalue weighted by molar-refractivity contribution is -0.130. The number of carbonyl (C=O) groups excluding carboxylic acids is 1. The normalized spacial score (nSPS) is 19.2. The monoisotopic (exact) mass is 265 g/mol. The van der Waals surface area contributed by atoms with Crippen molar-refractivity contribution in [1.82, 2.24) is 14.7 Å². The minimum Gasteiger partial charge on any atom is -0.396 e. The van der Waals surface area contributed by atoms with Crippen molar-refractivity contribution in [3.05, 3.63) is 17.0 Å². The highest BCUT2D eigenvalue weighted by atomic mass is 16.3. The van der Waals surface area contributed by atoms with E-state index >= 15 is 0 Å². The van der Waals surface area contributed by atoms with Crippen LogP contribution in [0, 0.1) is 19.8 Å². The first-order valence-corrected chi connectivity index (χ1v) is 6.90. The summed E-state index contributed by atoms with van der Waals surface area (Å²) in [5.41, 5.74) is 3.34. The number of hydrogen-bond donors (Lipinski definition) is 1. The molecule has 1 aliphatic heterocycles. The molecule has 1 saturated heterocycles. The smallest absolute Gasteiger partial charge is 0.222 e. The number of amides is 1. The molecule has 1 aromatic rings. The number of rotatable bonds is 4. The van der Waals surface area contributed by atoms with Crippen LogP contribution in [0.5, 0.6) is 0 Å². The van der Waals surface area contributed by atoms with Gasteiger partial charge in [0.25, 0.3) is 0 Å². The number of hydrogen-bond acceptors (Lipinski definition) is 3. The Balaban J connectivity index is 1.90. The zero-order valence-corrected chi connectivity index (χ0v) is 12.0. The number of aliphatic hydroxyl groups is 1. The Hall–Kier alpha value is -1.36. The van der Waals surface area contributed by atoms with E-state index in [0.29, 0.717) is 13.0 Å². The van der Waals surface area contributed by atoms with Crippen molar-refractivity contribution in [3.63, 3.8) is 0 Å². The molecule has 2 rings (SSSR count). The molecule has 0 aliphatic carbocycles. The van der Waals surface area contributed by atoms with E-state index in [4.69, 9.17) is 5.11 Å². The maximum atomic E-state index is 12.1. The van der Waals surface area contributed by atoms with Crippen molar-refractivity contribution < 1.29 is 9.90 Å². The first kappa shape index (κ1) is 14.1. The fourth-order valence-corrected chi connectivity index (χ4v) is 2.78. The van der Waals surface area contributed by atoms with E-state index in [9.17, 15) is 4.79 Å². The van der Waals surface area contributed by atoms with Gasteiger partial charge in [0.1, 0.15) is 0 Å². The number of likely N-dealkylation sites (tertiary alicyclic amines) is 1. The quantitative estimate of drug-likeness (QED) is 0.876. The number of aryl methyl sites for hydroxylation is 2. The summed E-state index contributed by atoms with van der Waals surface area (Å²) < 4.78 is 1.87. The minimum absolute atomic E-state index is 0.185. The van der Waals surface area contributed by atoms with Gasteiger partial charge in [0.05, 0.1) is 5.69 Å². The lowest BCUT2D eigenvalue weighted by Crippen LogP contribution is -2.29. The summed E-state index contributed by atoms with van der Waals surface area (Å²) in [5, 5.41) is 13.5. The van der Waals surface area contributed by atoms with Gasteiger partial charge in [-0.05, 0) is 32.3 Å². The lowest BCUT2D eigenvalue weighted by atomic mass is 10.1. The molecule has 1 aromatic heterocycles. The summed E-state index contributed by atoms with van der Waals surface area (Å²) in [6.07, 6.45) is 2.21. The first-order valence-electron chi connectivity index (χ1n) is 6.90. The van der Waals surface area contributed by atoms with Crippen LogP contribution >= 0.6 is 0 Å². The Morgan fingerprint density at radius 3 is 2.74 bits per heavy atom. The summed E-state index contributed by atoms with van der Waals surface area (Å²) in [4.78, 5) is 14.0. The van der Waals surface area contributed by atoms with E-state index in [1.807, 2.05) is 30.5 Å². The van der Waals surface area contributed by atoms with Crippen LogP contribution in [0.25, 0.3) is 0 Å². The summed E-state index contributed by atoms with van der Waals surface area (Å²) in [6.45, 7) is 5.71. The molecule has 5 heteroatoms. The molecule has 2 heterocycles. The topological polar surface area (TPSA) is 58.4 Å². The lowest BCUT2D eigenvalue weighted by Gasteiger charge is -2.16. The van der Waals surface area contributed by atoms with Crippen LogP contribution in [-0.2, 0) is 18.3 Å². The molecule has 1 fully saturated rings. The molecule has 1 aliphatic rings. The third kappa shape index (κ3) is 2.97. The first-order chi connectivity index (χ1) is 9.02. The summed E-state index contributed by atoms with van der Waals surface area (Å²) >= 11 is 0. The number of carbonyl (C=O) groups is 1. The van der Waals surface area contributed by atoms with Gasteiger partial charge in [-0.3, -0.25) is 9.48 Å². The van der Waals surface area contributed by atoms with Crippen LogP contribution in [0.3, 0.4) is 0 Å². The average Bonchev–Trinajstić information content (AvgIpc) is 2.94. The van der Waals surface area contributed by atoms with Gasteiger partial charge in [0.2, 0.25) is 5.91 Å². The van der Waals surface area contributed by atoms with Gasteiger partial charge in [0, 0.05) is 44.8 Å². The number of aromatic nitrogens is 2. The molecule has 1 N–H and O–H groups in total. The molecular weight excluding hydrogens is 242 g/mol. The Morgan fingerprint density at radius 1 is 1.47 bits per heavy atom. The van der Waals surface area contributed by atoms with E-state index in [2.05, 4.69) is 5.10 Å². The van der Waals surface area contributed by atoms with E-state index in [1.54, 1.807) is 0 Å². The molecule has 106 valence electrons. The largest absolute Gasteiger partial charge is 0.396 e. The van der Waals surface area contributed by atoms with Crippen molar-refractivity contribution in [3.8, 4) is 0 Å². The second-order valence-electron chi connectivity index (χ2n) is 5.45. The van der Waals surface area contributed by atoms with E-state index in [1.165, 1.54) is 5.56 Å². The van der Waals surface area contributed by atoms with Gasteiger partial charge >= 0.3 is 0 Å².